The van der Waals surface area contributed by atoms with E-state index >= 15 is 0 Å². The van der Waals surface area contributed by atoms with E-state index in [1.165, 1.54) is 87.6 Å². The highest BCUT2D eigenvalue weighted by Crippen LogP contribution is 2.23. The van der Waals surface area contributed by atoms with Gasteiger partial charge in [-0.3, -0.25) is 9.59 Å². The van der Waals surface area contributed by atoms with Gasteiger partial charge in [-0.2, -0.15) is 0 Å². The molecule has 0 heterocycles. The number of thioether (sulfide) groups is 2. The molecule has 4 rings (SSSR count). The zero-order chi connectivity index (χ0) is 48.3. The molecule has 0 amide bonds. The maximum Gasteiger partial charge on any atom is 0.345 e. The predicted octanol–water partition coefficient (Wildman–Crippen LogP) is 8.09. The summed E-state index contributed by atoms with van der Waals surface area (Å²) in [4.78, 5) is 98.9. The van der Waals surface area contributed by atoms with Crippen molar-refractivity contribution in [1.29, 1.82) is 0 Å². The lowest BCUT2D eigenvalue weighted by Crippen LogP contribution is -2.22. The zero-order valence-electron chi connectivity index (χ0n) is 35.1. The Bertz CT molecular complexity index is 2230. The monoisotopic (exact) mass is 962 g/mol. The number of alkyl halides is 1. The molecule has 20 nitrogen and oxygen atoms in total. The van der Waals surface area contributed by atoms with Gasteiger partial charge < -0.3 is 38.5 Å². The molecule has 23 heteroatoms. The first-order valence-corrected chi connectivity index (χ1v) is 21.3. The Morgan fingerprint density at radius 3 is 1.37 bits per heavy atom. The van der Waals surface area contributed by atoms with Gasteiger partial charge in [0.25, 0.3) is 10.2 Å². The van der Waals surface area contributed by atoms with Gasteiger partial charge in [0.15, 0.2) is 5.56 Å². The Hall–Kier alpha value is -6.91. The van der Waals surface area contributed by atoms with Crippen LogP contribution in [-0.2, 0) is 33.5 Å². The summed E-state index contributed by atoms with van der Waals surface area (Å²) in [7, 11) is 0. The molecule has 348 valence electrons. The number of carboxylic acid groups (broad SMARTS) is 1. The first-order chi connectivity index (χ1) is 30.9. The van der Waals surface area contributed by atoms with E-state index in [0.29, 0.717) is 24.3 Å². The maximum absolute atomic E-state index is 12.4. The molecule has 2 atom stereocenters. The smallest absolute Gasteiger partial charge is 0.345 e. The van der Waals surface area contributed by atoms with Crippen molar-refractivity contribution in [3.05, 3.63) is 140 Å². The third kappa shape index (κ3) is 22.8. The summed E-state index contributed by atoms with van der Waals surface area (Å²) in [5, 5.41) is 27.0. The van der Waals surface area contributed by atoms with Gasteiger partial charge >= 0.3 is 35.8 Å². The van der Waals surface area contributed by atoms with E-state index < -0.39 is 57.8 Å². The van der Waals surface area contributed by atoms with Crippen molar-refractivity contribution < 1.29 is 77.4 Å². The van der Waals surface area contributed by atoms with E-state index in [2.05, 4.69) is 9.68 Å². The van der Waals surface area contributed by atoms with Crippen LogP contribution in [0.5, 0.6) is 11.5 Å². The van der Waals surface area contributed by atoms with Crippen LogP contribution in [0.1, 0.15) is 82.0 Å². The number of carbonyl (C=O) groups is 6. The number of para-hydroxylation sites is 2. The highest BCUT2D eigenvalue weighted by Gasteiger charge is 2.21. The molecule has 65 heavy (non-hydrogen) atoms. The quantitative estimate of drug-likeness (QED) is 0.0121. The number of rotatable bonds is 21. The van der Waals surface area contributed by atoms with Crippen LogP contribution in [0.25, 0.3) is 0 Å². The fourth-order valence-corrected chi connectivity index (χ4v) is 6.32. The lowest BCUT2D eigenvalue weighted by molar-refractivity contribution is -0.757. The van der Waals surface area contributed by atoms with Gasteiger partial charge in [-0.1, -0.05) is 35.9 Å². The maximum atomic E-state index is 12.4. The van der Waals surface area contributed by atoms with E-state index in [-0.39, 0.29) is 47.0 Å². The SMILES string of the molecule is CC(=O)Oc1ccccc1C(=O)OC(C)Cl.CC(=O)Oc1ccccc1C(=O)OC(C)OC(=O)c1ccc(SCCCO[N+](=O)[O-])cc1.O=C(O)c1ccc(SCCCO[N+](=O)[O-])cc1. The summed E-state index contributed by atoms with van der Waals surface area (Å²) in [5.41, 5.74) is -0.0426. The molecular weight excluding hydrogens is 920 g/mol. The van der Waals surface area contributed by atoms with E-state index in [0.717, 1.165) is 9.79 Å². The molecule has 4 aromatic carbocycles. The number of benzene rings is 4. The van der Waals surface area contributed by atoms with E-state index in [4.69, 9.17) is 40.4 Å². The summed E-state index contributed by atoms with van der Waals surface area (Å²) < 4.78 is 24.9. The van der Waals surface area contributed by atoms with Crippen LogP contribution in [0, 0.1) is 20.2 Å². The van der Waals surface area contributed by atoms with Crippen LogP contribution in [0.4, 0.5) is 0 Å². The Balaban J connectivity index is 0.000000370. The second-order valence-electron chi connectivity index (χ2n) is 12.4. The molecule has 4 aromatic rings. The van der Waals surface area contributed by atoms with Gasteiger partial charge in [-0.25, -0.2) is 19.2 Å². The summed E-state index contributed by atoms with van der Waals surface area (Å²) in [6, 6.07) is 25.4. The van der Waals surface area contributed by atoms with E-state index in [1.54, 1.807) is 60.7 Å². The summed E-state index contributed by atoms with van der Waals surface area (Å²) in [6.07, 6.45) is -0.123. The van der Waals surface area contributed by atoms with E-state index in [1.807, 2.05) is 0 Å². The number of halogens is 1. The number of ether oxygens (including phenoxy) is 5. The summed E-state index contributed by atoms with van der Waals surface area (Å²) in [5.74, 6) is -2.67. The lowest BCUT2D eigenvalue weighted by Gasteiger charge is -2.15. The molecule has 1 N–H and O–H groups in total. The van der Waals surface area contributed by atoms with Crippen molar-refractivity contribution >= 4 is 70.9 Å². The van der Waals surface area contributed by atoms with Gasteiger partial charge in [0.1, 0.15) is 22.6 Å². The molecule has 0 saturated carbocycles. The van der Waals surface area contributed by atoms with Crippen LogP contribution in [0.15, 0.2) is 107 Å². The van der Waals surface area contributed by atoms with Crippen molar-refractivity contribution in [1.82, 2.24) is 0 Å². The molecule has 0 aliphatic carbocycles. The first-order valence-electron chi connectivity index (χ1n) is 18.9. The minimum Gasteiger partial charge on any atom is -0.478 e. The third-order valence-corrected chi connectivity index (χ3v) is 9.52. The van der Waals surface area contributed by atoms with Crippen LogP contribution in [0.2, 0.25) is 0 Å². The third-order valence-electron chi connectivity index (χ3n) is 7.24. The predicted molar refractivity (Wildman–Crippen MR) is 233 cm³/mol. The fraction of sp³-hybridized carbons (Fsp3) is 0.286. The number of esters is 5. The van der Waals surface area contributed by atoms with Gasteiger partial charge in [-0.05, 0) is 104 Å². The van der Waals surface area contributed by atoms with E-state index in [9.17, 15) is 49.0 Å². The first kappa shape index (κ1) is 54.2. The van der Waals surface area contributed by atoms with Crippen molar-refractivity contribution in [3.8, 4) is 11.5 Å². The molecule has 2 unspecified atom stereocenters. The van der Waals surface area contributed by atoms with Crippen LogP contribution in [-0.4, -0.2) is 87.7 Å². The van der Waals surface area contributed by atoms with Gasteiger partial charge in [-0.15, -0.1) is 43.8 Å². The molecule has 0 aliphatic heterocycles. The van der Waals surface area contributed by atoms with Crippen LogP contribution < -0.4 is 9.47 Å². The molecule has 0 saturated heterocycles. The number of hydrogen-bond acceptors (Lipinski definition) is 19. The molecular formula is C42H43ClN2O18S2. The number of aromatic carboxylic acids is 1. The number of carboxylic acids is 1. The van der Waals surface area contributed by atoms with Crippen LogP contribution >= 0.6 is 35.1 Å². The Kier molecular flexibility index (Phi) is 24.6. The van der Waals surface area contributed by atoms with Gasteiger partial charge in [0, 0.05) is 30.6 Å². The topological polar surface area (TPSA) is 274 Å². The average Bonchev–Trinajstić information content (AvgIpc) is 3.23. The summed E-state index contributed by atoms with van der Waals surface area (Å²) in [6.45, 7) is 5.47. The molecule has 0 aliphatic rings. The minimum absolute atomic E-state index is 0.0202. The summed E-state index contributed by atoms with van der Waals surface area (Å²) >= 11 is 8.48. The van der Waals surface area contributed by atoms with Gasteiger partial charge in [0.05, 0.1) is 24.3 Å². The number of hydrogen-bond donors (Lipinski definition) is 1. The highest BCUT2D eigenvalue weighted by molar-refractivity contribution is 7.99. The standard InChI is InChI=1S/C21H21NO9S.C11H11ClO4.C10H11NO5S/c1-14(23)29-19-7-4-3-6-18(19)21(25)31-15(2)30-20(24)16-8-10-17(11-9-16)32-13-5-12-28-22(26)27;1-7(12)15-11(14)9-5-3-4-6-10(9)16-8(2)13;12-10(13)8-2-4-9(5-3-8)17-7-1-6-16-11(14)15/h3-4,6-11,15H,5,12-13H2,1-2H3;3-7H,1-2H3;2-5H,1,6-7H2,(H,12,13). The second-order valence-corrected chi connectivity index (χ2v) is 15.3. The van der Waals surface area contributed by atoms with Crippen molar-refractivity contribution in [2.24, 2.45) is 0 Å². The minimum atomic E-state index is -1.18. The average molecular weight is 963 g/mol. The Morgan fingerprint density at radius 2 is 0.985 bits per heavy atom. The molecule has 0 fully saturated rings. The molecule has 0 radical (unpaired) electrons. The van der Waals surface area contributed by atoms with Gasteiger partial charge in [0.2, 0.25) is 6.29 Å². The van der Waals surface area contributed by atoms with Crippen molar-refractivity contribution in [2.75, 3.05) is 24.7 Å². The molecule has 0 spiro atoms. The van der Waals surface area contributed by atoms with Crippen LogP contribution in [0.3, 0.4) is 0 Å². The zero-order valence-corrected chi connectivity index (χ0v) is 37.5. The normalized spacial score (nSPS) is 11.0. The fourth-order valence-electron chi connectivity index (χ4n) is 4.58. The molecule has 0 bridgehead atoms. The lowest BCUT2D eigenvalue weighted by atomic mass is 10.2. The number of carbonyl (C=O) groups excluding carboxylic acids is 5. The number of nitrogens with zero attached hydrogens (tertiary/aromatic N) is 2. The second kappa shape index (κ2) is 29.5. The largest absolute Gasteiger partial charge is 0.478 e. The highest BCUT2D eigenvalue weighted by atomic mass is 35.5. The molecule has 0 aromatic heterocycles. The van der Waals surface area contributed by atoms with Crippen molar-refractivity contribution in [3.63, 3.8) is 0 Å². The Labute approximate surface area is 385 Å². The Morgan fingerprint density at radius 1 is 0.600 bits per heavy atom. The van der Waals surface area contributed by atoms with Crippen molar-refractivity contribution in [2.45, 2.75) is 62.2 Å².